The summed E-state index contributed by atoms with van der Waals surface area (Å²) in [6.45, 7) is 0. The molecule has 1 aromatic rings. The molecule has 1 aliphatic carbocycles. The van der Waals surface area contributed by atoms with E-state index < -0.39 is 36.2 Å². The van der Waals surface area contributed by atoms with Crippen LogP contribution in [0.25, 0.3) is 0 Å². The molecule has 1 fully saturated rings. The average molecular weight is 246 g/mol. The molecule has 0 aromatic carbocycles. The Balaban J connectivity index is 2.22. The molecular weight excluding hydrogens is 238 g/mol. The molecule has 3 N–H and O–H groups in total. The first-order valence-electron chi connectivity index (χ1n) is 4.65. The number of halogens is 2. The minimum atomic E-state index is -2.94. The number of aliphatic carboxylic acids is 1. The molecule has 0 bridgehead atoms. The predicted octanol–water partition coefficient (Wildman–Crippen LogP) is -0.370. The van der Waals surface area contributed by atoms with Gasteiger partial charge in [-0.05, 0) is 0 Å². The minimum absolute atomic E-state index is 0.0954. The summed E-state index contributed by atoms with van der Waals surface area (Å²) in [5, 5.41) is 19.7. The molecule has 0 unspecified atom stereocenters. The van der Waals surface area contributed by atoms with E-state index in [2.05, 4.69) is 15.4 Å². The van der Waals surface area contributed by atoms with Crippen molar-refractivity contribution in [1.29, 1.82) is 0 Å². The SMILES string of the molecule is O=C(O)C(=O)NC1(c2c[nH]nn2)CC(F)(F)C1. The second kappa shape index (κ2) is 3.47. The van der Waals surface area contributed by atoms with Gasteiger partial charge in [0.05, 0.1) is 5.54 Å². The fourth-order valence-electron chi connectivity index (χ4n) is 1.87. The van der Waals surface area contributed by atoms with Crippen LogP contribution in [0.3, 0.4) is 0 Å². The van der Waals surface area contributed by atoms with Crippen LogP contribution in [-0.4, -0.2) is 38.3 Å². The second-order valence-corrected chi connectivity index (χ2v) is 3.91. The van der Waals surface area contributed by atoms with Crippen molar-refractivity contribution in [2.45, 2.75) is 24.3 Å². The summed E-state index contributed by atoms with van der Waals surface area (Å²) < 4.78 is 25.8. The van der Waals surface area contributed by atoms with Gasteiger partial charge in [-0.2, -0.15) is 0 Å². The molecule has 1 amide bonds. The molecule has 0 aliphatic heterocycles. The van der Waals surface area contributed by atoms with Crippen LogP contribution in [0.5, 0.6) is 0 Å². The van der Waals surface area contributed by atoms with Crippen LogP contribution in [0, 0.1) is 0 Å². The van der Waals surface area contributed by atoms with Crippen molar-refractivity contribution in [1.82, 2.24) is 20.7 Å². The quantitative estimate of drug-likeness (QED) is 0.617. The Bertz CT molecular complexity index is 451. The van der Waals surface area contributed by atoms with E-state index in [4.69, 9.17) is 5.11 Å². The summed E-state index contributed by atoms with van der Waals surface area (Å²) >= 11 is 0. The van der Waals surface area contributed by atoms with Crippen molar-refractivity contribution in [3.8, 4) is 0 Å². The predicted molar refractivity (Wildman–Crippen MR) is 48.0 cm³/mol. The van der Waals surface area contributed by atoms with Crippen LogP contribution in [0.2, 0.25) is 0 Å². The lowest BCUT2D eigenvalue weighted by atomic mass is 9.71. The number of nitrogens with zero attached hydrogens (tertiary/aromatic N) is 2. The van der Waals surface area contributed by atoms with Crippen molar-refractivity contribution in [2.24, 2.45) is 0 Å². The maximum atomic E-state index is 12.9. The number of nitrogens with one attached hydrogen (secondary N) is 2. The van der Waals surface area contributed by atoms with Crippen LogP contribution < -0.4 is 5.32 Å². The van der Waals surface area contributed by atoms with Crippen LogP contribution in [-0.2, 0) is 15.1 Å². The monoisotopic (exact) mass is 246 g/mol. The molecule has 2 rings (SSSR count). The molecule has 92 valence electrons. The van der Waals surface area contributed by atoms with Gasteiger partial charge in [0.25, 0.3) is 5.92 Å². The van der Waals surface area contributed by atoms with Crippen molar-refractivity contribution in [2.75, 3.05) is 0 Å². The van der Waals surface area contributed by atoms with Gasteiger partial charge in [-0.3, -0.25) is 9.89 Å². The van der Waals surface area contributed by atoms with E-state index in [-0.39, 0.29) is 5.69 Å². The second-order valence-electron chi connectivity index (χ2n) is 3.91. The Morgan fingerprint density at radius 1 is 1.47 bits per heavy atom. The maximum absolute atomic E-state index is 12.9. The van der Waals surface area contributed by atoms with Crippen molar-refractivity contribution < 1.29 is 23.5 Å². The van der Waals surface area contributed by atoms with E-state index in [0.29, 0.717) is 0 Å². The highest BCUT2D eigenvalue weighted by Crippen LogP contribution is 2.50. The Labute approximate surface area is 93.2 Å². The molecule has 1 aliphatic rings. The highest BCUT2D eigenvalue weighted by atomic mass is 19.3. The maximum Gasteiger partial charge on any atom is 0.394 e. The van der Waals surface area contributed by atoms with Gasteiger partial charge in [-0.15, -0.1) is 5.10 Å². The molecule has 17 heavy (non-hydrogen) atoms. The van der Waals surface area contributed by atoms with E-state index in [1.54, 1.807) is 0 Å². The van der Waals surface area contributed by atoms with Crippen molar-refractivity contribution in [3.05, 3.63) is 11.9 Å². The lowest BCUT2D eigenvalue weighted by Gasteiger charge is -2.45. The first kappa shape index (κ1) is 11.4. The van der Waals surface area contributed by atoms with E-state index >= 15 is 0 Å². The molecule has 0 atom stereocenters. The topological polar surface area (TPSA) is 108 Å². The van der Waals surface area contributed by atoms with Crippen molar-refractivity contribution in [3.63, 3.8) is 0 Å². The Hall–Kier alpha value is -2.06. The summed E-state index contributed by atoms with van der Waals surface area (Å²) in [7, 11) is 0. The van der Waals surface area contributed by atoms with Crippen LogP contribution in [0.1, 0.15) is 18.5 Å². The summed E-state index contributed by atoms with van der Waals surface area (Å²) in [6, 6.07) is 0. The lowest BCUT2D eigenvalue weighted by molar-refractivity contribution is -0.162. The number of amides is 1. The molecule has 9 heteroatoms. The van der Waals surface area contributed by atoms with Crippen molar-refractivity contribution >= 4 is 11.9 Å². The van der Waals surface area contributed by atoms with Gasteiger partial charge in [0.15, 0.2) is 0 Å². The molecule has 1 aromatic heterocycles. The Morgan fingerprint density at radius 3 is 2.53 bits per heavy atom. The number of hydrogen-bond donors (Lipinski definition) is 3. The van der Waals surface area contributed by atoms with E-state index in [9.17, 15) is 18.4 Å². The summed E-state index contributed by atoms with van der Waals surface area (Å²) in [6.07, 6.45) is -0.130. The van der Waals surface area contributed by atoms with Gasteiger partial charge in [0.2, 0.25) is 0 Å². The zero-order valence-corrected chi connectivity index (χ0v) is 8.41. The normalized spacial score (nSPS) is 20.4. The number of H-pyrrole nitrogens is 1. The van der Waals surface area contributed by atoms with Gasteiger partial charge >= 0.3 is 11.9 Å². The van der Waals surface area contributed by atoms with Crippen LogP contribution in [0.4, 0.5) is 8.78 Å². The molecule has 0 saturated heterocycles. The van der Waals surface area contributed by atoms with Gasteiger partial charge in [0.1, 0.15) is 5.69 Å². The summed E-state index contributed by atoms with van der Waals surface area (Å²) in [5.41, 5.74) is -1.36. The standard InChI is InChI=1S/C8H8F2N4O3/c9-8(10)2-7(3-8,4-1-11-14-13-4)12-5(15)6(16)17/h1H,2-3H2,(H,12,15)(H,16,17)(H,11,13,14). The third-order valence-electron chi connectivity index (χ3n) is 2.57. The zero-order chi connectivity index (χ0) is 12.7. The molecule has 0 spiro atoms. The smallest absolute Gasteiger partial charge is 0.394 e. The number of rotatable bonds is 2. The number of carbonyl (C=O) groups is 2. The van der Waals surface area contributed by atoms with E-state index in [0.717, 1.165) is 0 Å². The largest absolute Gasteiger partial charge is 0.474 e. The van der Waals surface area contributed by atoms with Crippen LogP contribution in [0.15, 0.2) is 6.20 Å². The van der Waals surface area contributed by atoms with Crippen LogP contribution >= 0.6 is 0 Å². The first-order chi connectivity index (χ1) is 7.85. The van der Waals surface area contributed by atoms with Gasteiger partial charge in [-0.1, -0.05) is 5.21 Å². The zero-order valence-electron chi connectivity index (χ0n) is 8.41. The number of carboxylic acid groups (broad SMARTS) is 1. The first-order valence-corrected chi connectivity index (χ1v) is 4.65. The van der Waals surface area contributed by atoms with E-state index in [1.165, 1.54) is 6.20 Å². The Morgan fingerprint density at radius 2 is 2.12 bits per heavy atom. The van der Waals surface area contributed by atoms with Gasteiger partial charge in [-0.25, -0.2) is 13.6 Å². The highest BCUT2D eigenvalue weighted by molar-refractivity contribution is 6.31. The minimum Gasteiger partial charge on any atom is -0.474 e. The number of aromatic amines is 1. The summed E-state index contributed by atoms with van der Waals surface area (Å²) in [5.74, 6) is -6.02. The summed E-state index contributed by atoms with van der Waals surface area (Å²) in [4.78, 5) is 21.4. The number of aromatic nitrogens is 3. The number of carboxylic acids is 1. The molecule has 7 nitrogen and oxygen atoms in total. The number of carbonyl (C=O) groups excluding carboxylic acids is 1. The van der Waals surface area contributed by atoms with E-state index in [1.807, 2.05) is 5.32 Å². The molecular formula is C8H8F2N4O3. The van der Waals surface area contributed by atoms with Gasteiger partial charge < -0.3 is 10.4 Å². The third-order valence-corrected chi connectivity index (χ3v) is 2.57. The highest BCUT2D eigenvalue weighted by Gasteiger charge is 2.60. The Kier molecular flexibility index (Phi) is 2.33. The molecule has 0 radical (unpaired) electrons. The number of alkyl halides is 2. The third kappa shape index (κ3) is 1.95. The average Bonchev–Trinajstić information content (AvgIpc) is 2.66. The molecule has 1 heterocycles. The number of hydrogen-bond acceptors (Lipinski definition) is 4. The lowest BCUT2D eigenvalue weighted by Crippen LogP contribution is -2.61. The fraction of sp³-hybridized carbons (Fsp3) is 0.500. The molecule has 1 saturated carbocycles. The van der Waals surface area contributed by atoms with Gasteiger partial charge in [0, 0.05) is 19.0 Å². The fourth-order valence-corrected chi connectivity index (χ4v) is 1.87.